The molecule has 1 amide bonds. The zero-order valence-electron chi connectivity index (χ0n) is 16.5. The largest absolute Gasteiger partial charge is 0.416 e. The zero-order valence-corrected chi connectivity index (χ0v) is 18.0. The molecule has 0 aliphatic rings. The lowest BCUT2D eigenvalue weighted by molar-refractivity contribution is -0.137. The van der Waals surface area contributed by atoms with Gasteiger partial charge < -0.3 is 0 Å². The fraction of sp³-hybridized carbons (Fsp3) is 0.0476. The van der Waals surface area contributed by atoms with Crippen molar-refractivity contribution in [3.63, 3.8) is 0 Å². The van der Waals surface area contributed by atoms with Crippen LogP contribution in [0.15, 0.2) is 71.6 Å². The lowest BCUT2D eigenvalue weighted by Crippen LogP contribution is -2.24. The Morgan fingerprint density at radius 1 is 1.03 bits per heavy atom. The lowest BCUT2D eigenvalue weighted by atomic mass is 10.2. The summed E-state index contributed by atoms with van der Waals surface area (Å²) >= 11 is 5.87. The van der Waals surface area contributed by atoms with Crippen LogP contribution in [0.1, 0.15) is 15.9 Å². The monoisotopic (exact) mass is 494 g/mol. The van der Waals surface area contributed by atoms with E-state index in [1.54, 1.807) is 30.3 Å². The number of halogens is 4. The third kappa shape index (κ3) is 4.56. The van der Waals surface area contributed by atoms with Gasteiger partial charge in [-0.25, -0.2) is 23.2 Å². The minimum Gasteiger partial charge on any atom is -0.267 e. The van der Waals surface area contributed by atoms with E-state index in [1.165, 1.54) is 22.9 Å². The van der Waals surface area contributed by atoms with E-state index in [1.807, 2.05) is 0 Å². The van der Waals surface area contributed by atoms with E-state index in [4.69, 9.17) is 16.7 Å². The number of nitrogens with two attached hydrogens (primary N) is 1. The van der Waals surface area contributed by atoms with Crippen molar-refractivity contribution in [1.82, 2.24) is 9.66 Å². The molecule has 0 bridgehead atoms. The molecule has 0 saturated carbocycles. The van der Waals surface area contributed by atoms with Crippen molar-refractivity contribution in [2.45, 2.75) is 11.1 Å². The fourth-order valence-corrected chi connectivity index (χ4v) is 4.25. The van der Waals surface area contributed by atoms with Crippen LogP contribution in [0.2, 0.25) is 5.02 Å². The molecule has 1 aromatic heterocycles. The van der Waals surface area contributed by atoms with Gasteiger partial charge in [0.2, 0.25) is 10.0 Å². The lowest BCUT2D eigenvalue weighted by Gasteiger charge is -2.12. The molecule has 3 aromatic carbocycles. The van der Waals surface area contributed by atoms with E-state index in [-0.39, 0.29) is 27.4 Å². The summed E-state index contributed by atoms with van der Waals surface area (Å²) in [6.07, 6.45) is -4.57. The van der Waals surface area contributed by atoms with Crippen molar-refractivity contribution in [2.75, 3.05) is 5.43 Å². The Kier molecular flexibility index (Phi) is 5.64. The second-order valence-corrected chi connectivity index (χ2v) is 8.91. The number of rotatable bonds is 4. The van der Waals surface area contributed by atoms with Crippen LogP contribution in [0.3, 0.4) is 0 Å². The second kappa shape index (κ2) is 8.18. The molecule has 0 spiro atoms. The van der Waals surface area contributed by atoms with Crippen LogP contribution in [0.25, 0.3) is 22.4 Å². The van der Waals surface area contributed by atoms with E-state index in [9.17, 15) is 26.4 Å². The Balaban J connectivity index is 1.83. The van der Waals surface area contributed by atoms with Crippen molar-refractivity contribution >= 4 is 38.6 Å². The number of carbonyl (C=O) groups excluding carboxylic acids is 1. The summed E-state index contributed by atoms with van der Waals surface area (Å²) in [4.78, 5) is 16.8. The van der Waals surface area contributed by atoms with Crippen molar-refractivity contribution in [3.8, 4) is 11.4 Å². The third-order valence-electron chi connectivity index (χ3n) is 4.73. The highest BCUT2D eigenvalue weighted by atomic mass is 35.5. The van der Waals surface area contributed by atoms with Gasteiger partial charge in [-0.1, -0.05) is 41.9 Å². The number of carbonyl (C=O) groups is 1. The SMILES string of the molecule is NS(=O)(=O)c1cc(C(=O)Nn2c(-c3ccccc3)nc3cc(C(F)(F)F)ccc32)ccc1Cl. The highest BCUT2D eigenvalue weighted by Gasteiger charge is 2.31. The maximum Gasteiger partial charge on any atom is 0.416 e. The molecule has 0 aliphatic carbocycles. The molecule has 0 atom stereocenters. The minimum atomic E-state index is -4.57. The molecular weight excluding hydrogens is 481 g/mol. The molecule has 170 valence electrons. The Labute approximate surface area is 190 Å². The number of nitrogens with one attached hydrogen (secondary N) is 1. The molecule has 1 heterocycles. The maximum absolute atomic E-state index is 13.2. The zero-order chi connectivity index (χ0) is 24.0. The van der Waals surface area contributed by atoms with Crippen LogP contribution in [0.4, 0.5) is 13.2 Å². The van der Waals surface area contributed by atoms with Gasteiger partial charge in [0.05, 0.1) is 21.6 Å². The van der Waals surface area contributed by atoms with Gasteiger partial charge in [0.15, 0.2) is 5.82 Å². The van der Waals surface area contributed by atoms with E-state index in [0.717, 1.165) is 18.2 Å². The van der Waals surface area contributed by atoms with Gasteiger partial charge in [-0.3, -0.25) is 10.2 Å². The van der Waals surface area contributed by atoms with Gasteiger partial charge in [0, 0.05) is 11.1 Å². The van der Waals surface area contributed by atoms with E-state index < -0.39 is 32.6 Å². The van der Waals surface area contributed by atoms with Gasteiger partial charge in [-0.05, 0) is 36.4 Å². The van der Waals surface area contributed by atoms with Crippen molar-refractivity contribution < 1.29 is 26.4 Å². The van der Waals surface area contributed by atoms with E-state index >= 15 is 0 Å². The van der Waals surface area contributed by atoms with Crippen molar-refractivity contribution in [3.05, 3.63) is 82.9 Å². The molecule has 4 rings (SSSR count). The first-order valence-electron chi connectivity index (χ1n) is 9.24. The second-order valence-electron chi connectivity index (χ2n) is 6.97. The molecular formula is C21H14ClF3N4O3S. The van der Waals surface area contributed by atoms with Gasteiger partial charge in [-0.15, -0.1) is 0 Å². The molecule has 33 heavy (non-hydrogen) atoms. The Morgan fingerprint density at radius 3 is 2.36 bits per heavy atom. The number of nitrogens with zero attached hydrogens (tertiary/aromatic N) is 2. The van der Waals surface area contributed by atoms with E-state index in [0.29, 0.717) is 5.56 Å². The van der Waals surface area contributed by atoms with Crippen LogP contribution in [0, 0.1) is 0 Å². The minimum absolute atomic E-state index is 0.00492. The van der Waals surface area contributed by atoms with Gasteiger partial charge in [-0.2, -0.15) is 13.2 Å². The maximum atomic E-state index is 13.2. The summed E-state index contributed by atoms with van der Waals surface area (Å²) in [6.45, 7) is 0. The molecule has 0 aliphatic heterocycles. The summed E-state index contributed by atoms with van der Waals surface area (Å²) in [5, 5.41) is 4.98. The number of benzene rings is 3. The van der Waals surface area contributed by atoms with Crippen LogP contribution in [-0.2, 0) is 16.2 Å². The molecule has 0 saturated heterocycles. The predicted molar refractivity (Wildman–Crippen MR) is 117 cm³/mol. The number of alkyl halides is 3. The number of primary sulfonamides is 1. The number of sulfonamides is 1. The first-order valence-corrected chi connectivity index (χ1v) is 11.2. The summed E-state index contributed by atoms with van der Waals surface area (Å²) in [5.74, 6) is -0.577. The molecule has 3 N–H and O–H groups in total. The summed E-state index contributed by atoms with van der Waals surface area (Å²) in [5.41, 5.74) is 2.33. The van der Waals surface area contributed by atoms with Gasteiger partial charge in [0.25, 0.3) is 5.91 Å². The molecule has 4 aromatic rings. The molecule has 0 fully saturated rings. The summed E-state index contributed by atoms with van der Waals surface area (Å²) in [7, 11) is -4.19. The molecule has 0 radical (unpaired) electrons. The molecule has 0 unspecified atom stereocenters. The van der Waals surface area contributed by atoms with Gasteiger partial charge >= 0.3 is 6.18 Å². The number of aromatic nitrogens is 2. The van der Waals surface area contributed by atoms with Crippen molar-refractivity contribution in [2.24, 2.45) is 5.14 Å². The quantitative estimate of drug-likeness (QED) is 0.438. The number of hydrogen-bond donors (Lipinski definition) is 2. The molecule has 7 nitrogen and oxygen atoms in total. The standard InChI is InChI=1S/C21H14ClF3N4O3S/c22-15-8-6-13(10-18(15)33(26,31)32)20(30)28-29-17-9-7-14(21(23,24)25)11-16(17)27-19(29)12-4-2-1-3-5-12/h1-11H,(H,28,30)(H2,26,31,32). The Morgan fingerprint density at radius 2 is 1.73 bits per heavy atom. The average Bonchev–Trinajstić information content (AvgIpc) is 3.11. The number of imidazole rings is 1. The van der Waals surface area contributed by atoms with Crippen LogP contribution >= 0.6 is 11.6 Å². The fourth-order valence-electron chi connectivity index (χ4n) is 3.18. The first kappa shape index (κ1) is 22.8. The number of hydrogen-bond acceptors (Lipinski definition) is 4. The highest BCUT2D eigenvalue weighted by molar-refractivity contribution is 7.89. The van der Waals surface area contributed by atoms with Crippen molar-refractivity contribution in [1.29, 1.82) is 0 Å². The summed E-state index contributed by atoms with van der Waals surface area (Å²) in [6, 6.07) is 15.0. The Bertz CT molecular complexity index is 1490. The topological polar surface area (TPSA) is 107 Å². The number of amides is 1. The predicted octanol–water partition coefficient (Wildman–Crippen LogP) is 4.41. The summed E-state index contributed by atoms with van der Waals surface area (Å²) < 4.78 is 64.2. The number of fused-ring (bicyclic) bond motifs is 1. The normalized spacial score (nSPS) is 12.2. The molecule has 12 heteroatoms. The average molecular weight is 495 g/mol. The Hall–Kier alpha value is -3.41. The van der Waals surface area contributed by atoms with Crippen LogP contribution in [0.5, 0.6) is 0 Å². The van der Waals surface area contributed by atoms with Gasteiger partial charge in [0.1, 0.15) is 4.90 Å². The smallest absolute Gasteiger partial charge is 0.267 e. The first-order chi connectivity index (χ1) is 15.4. The third-order valence-corrected chi connectivity index (χ3v) is 6.12. The van der Waals surface area contributed by atoms with Crippen LogP contribution in [-0.4, -0.2) is 24.0 Å². The van der Waals surface area contributed by atoms with E-state index in [2.05, 4.69) is 10.4 Å². The van der Waals surface area contributed by atoms with Crippen LogP contribution < -0.4 is 10.6 Å². The highest BCUT2D eigenvalue weighted by Crippen LogP contribution is 2.33.